The zero-order valence-corrected chi connectivity index (χ0v) is 10.8. The Balaban J connectivity index is 1.73. The van der Waals surface area contributed by atoms with Crippen molar-refractivity contribution in [3.63, 3.8) is 0 Å². The molecule has 101 valence electrons. The van der Waals surface area contributed by atoms with Crippen LogP contribution >= 0.6 is 0 Å². The minimum Gasteiger partial charge on any atom is -0.325 e. The van der Waals surface area contributed by atoms with Crippen LogP contribution in [0, 0.1) is 0 Å². The third kappa shape index (κ3) is 4.46. The van der Waals surface area contributed by atoms with Crippen LogP contribution in [0.1, 0.15) is 0 Å². The molecule has 1 radical (unpaired) electrons. The van der Waals surface area contributed by atoms with Crippen LogP contribution in [-0.4, -0.2) is 61.3 Å². The van der Waals surface area contributed by atoms with E-state index in [0.29, 0.717) is 13.1 Å². The first-order valence-corrected chi connectivity index (χ1v) is 6.42. The average Bonchev–Trinajstić information content (AvgIpc) is 2.42. The topological polar surface area (TPSA) is 52.7 Å². The predicted molar refractivity (Wildman–Crippen MR) is 73.6 cm³/mol. The molecule has 0 bridgehead atoms. The van der Waals surface area contributed by atoms with E-state index in [1.165, 1.54) is 0 Å². The summed E-state index contributed by atoms with van der Waals surface area (Å²) in [6.45, 7) is 4.01. The van der Waals surface area contributed by atoms with E-state index in [9.17, 15) is 9.59 Å². The van der Waals surface area contributed by atoms with Crippen LogP contribution in [0.2, 0.25) is 0 Å². The molecule has 1 saturated heterocycles. The van der Waals surface area contributed by atoms with Crippen molar-refractivity contribution in [2.45, 2.75) is 0 Å². The number of nitrogens with one attached hydrogen (secondary N) is 1. The number of hydrogen-bond acceptors (Lipinski definition) is 4. The van der Waals surface area contributed by atoms with Gasteiger partial charge in [-0.2, -0.15) is 0 Å². The van der Waals surface area contributed by atoms with Crippen LogP contribution in [0.5, 0.6) is 0 Å². The van der Waals surface area contributed by atoms with Crippen molar-refractivity contribution in [3.8, 4) is 0 Å². The maximum atomic E-state index is 11.9. The zero-order valence-electron chi connectivity index (χ0n) is 10.8. The molecule has 1 N–H and O–H groups in total. The predicted octanol–water partition coefficient (Wildman–Crippen LogP) is 0.352. The van der Waals surface area contributed by atoms with E-state index in [2.05, 4.69) is 10.2 Å². The van der Waals surface area contributed by atoms with Gasteiger partial charge < -0.3 is 5.32 Å². The maximum Gasteiger partial charge on any atom is 0.238 e. The summed E-state index contributed by atoms with van der Waals surface area (Å²) in [7, 11) is 0. The molecule has 0 spiro atoms. The van der Waals surface area contributed by atoms with E-state index in [4.69, 9.17) is 0 Å². The molecule has 1 heterocycles. The number of carbonyl (C=O) groups is 1. The van der Waals surface area contributed by atoms with E-state index in [1.807, 2.05) is 41.5 Å². The number of anilines is 1. The quantitative estimate of drug-likeness (QED) is 0.830. The molecule has 1 amide bonds. The van der Waals surface area contributed by atoms with Gasteiger partial charge in [0.25, 0.3) is 0 Å². The second-order valence-corrected chi connectivity index (χ2v) is 4.61. The van der Waals surface area contributed by atoms with Crippen LogP contribution in [0.15, 0.2) is 30.3 Å². The molecule has 5 heteroatoms. The van der Waals surface area contributed by atoms with Gasteiger partial charge in [-0.25, -0.2) is 0 Å². The molecule has 0 unspecified atom stereocenters. The van der Waals surface area contributed by atoms with Crippen molar-refractivity contribution >= 4 is 17.9 Å². The Labute approximate surface area is 113 Å². The number of benzene rings is 1. The van der Waals surface area contributed by atoms with E-state index in [-0.39, 0.29) is 5.91 Å². The third-order valence-corrected chi connectivity index (χ3v) is 3.18. The van der Waals surface area contributed by atoms with Crippen molar-refractivity contribution in [2.75, 3.05) is 44.6 Å². The smallest absolute Gasteiger partial charge is 0.238 e. The van der Waals surface area contributed by atoms with Gasteiger partial charge in [-0.15, -0.1) is 0 Å². The molecule has 0 aliphatic carbocycles. The lowest BCUT2D eigenvalue weighted by Gasteiger charge is -2.32. The van der Waals surface area contributed by atoms with Crippen molar-refractivity contribution in [1.29, 1.82) is 0 Å². The van der Waals surface area contributed by atoms with Gasteiger partial charge >= 0.3 is 0 Å². The molecule has 19 heavy (non-hydrogen) atoms. The summed E-state index contributed by atoms with van der Waals surface area (Å²) in [6, 6.07) is 9.44. The normalized spacial score (nSPS) is 17.1. The van der Waals surface area contributed by atoms with Gasteiger partial charge in [-0.3, -0.25) is 19.4 Å². The minimum atomic E-state index is 0.00148. The molecule has 0 aromatic heterocycles. The second-order valence-electron chi connectivity index (χ2n) is 4.61. The fourth-order valence-electron chi connectivity index (χ4n) is 2.12. The molecular weight excluding hydrogens is 242 g/mol. The molecular formula is C14H18N3O2. The van der Waals surface area contributed by atoms with Gasteiger partial charge in [0, 0.05) is 31.9 Å². The van der Waals surface area contributed by atoms with E-state index in [0.717, 1.165) is 31.9 Å². The summed E-state index contributed by atoms with van der Waals surface area (Å²) in [4.78, 5) is 26.3. The summed E-state index contributed by atoms with van der Waals surface area (Å²) >= 11 is 0. The van der Waals surface area contributed by atoms with Gasteiger partial charge in [0.15, 0.2) is 0 Å². The Morgan fingerprint density at radius 3 is 2.37 bits per heavy atom. The molecule has 1 aliphatic rings. The zero-order chi connectivity index (χ0) is 13.5. The van der Waals surface area contributed by atoms with Gasteiger partial charge in [0.05, 0.1) is 13.1 Å². The third-order valence-electron chi connectivity index (χ3n) is 3.18. The van der Waals surface area contributed by atoms with Crippen molar-refractivity contribution in [3.05, 3.63) is 30.3 Å². The van der Waals surface area contributed by atoms with Gasteiger partial charge in [-0.05, 0) is 12.1 Å². The Morgan fingerprint density at radius 1 is 1.11 bits per heavy atom. The first kappa shape index (κ1) is 13.7. The highest BCUT2D eigenvalue weighted by molar-refractivity contribution is 5.92. The molecule has 1 fully saturated rings. The Morgan fingerprint density at radius 2 is 1.74 bits per heavy atom. The molecule has 5 nitrogen and oxygen atoms in total. The largest absolute Gasteiger partial charge is 0.325 e. The fourth-order valence-corrected chi connectivity index (χ4v) is 2.12. The van der Waals surface area contributed by atoms with Crippen LogP contribution in [0.4, 0.5) is 5.69 Å². The van der Waals surface area contributed by atoms with Gasteiger partial charge in [0.1, 0.15) is 0 Å². The highest BCUT2D eigenvalue weighted by Crippen LogP contribution is 2.06. The summed E-state index contributed by atoms with van der Waals surface area (Å²) in [5.74, 6) is 0.00148. The van der Waals surface area contributed by atoms with Gasteiger partial charge in [-0.1, -0.05) is 18.2 Å². The number of carbonyl (C=O) groups excluding carboxylic acids is 2. The lowest BCUT2D eigenvalue weighted by molar-refractivity contribution is -0.117. The highest BCUT2D eigenvalue weighted by atomic mass is 16.2. The number of piperazine rings is 1. The molecule has 1 aromatic carbocycles. The van der Waals surface area contributed by atoms with Crippen molar-refractivity contribution < 1.29 is 9.59 Å². The van der Waals surface area contributed by atoms with E-state index < -0.39 is 0 Å². The van der Waals surface area contributed by atoms with Crippen LogP contribution in [0.3, 0.4) is 0 Å². The summed E-state index contributed by atoms with van der Waals surface area (Å²) in [5.41, 5.74) is 0.821. The summed E-state index contributed by atoms with van der Waals surface area (Å²) < 4.78 is 0. The molecule has 1 aromatic rings. The minimum absolute atomic E-state index is 0.00148. The van der Waals surface area contributed by atoms with Crippen molar-refractivity contribution in [2.24, 2.45) is 0 Å². The summed E-state index contributed by atoms with van der Waals surface area (Å²) in [6.07, 6.45) is 1.90. The average molecular weight is 260 g/mol. The van der Waals surface area contributed by atoms with Crippen LogP contribution in [-0.2, 0) is 9.59 Å². The lowest BCUT2D eigenvalue weighted by Crippen LogP contribution is -2.48. The Hall–Kier alpha value is -1.72. The molecule has 0 atom stereocenters. The number of hydrogen-bond donors (Lipinski definition) is 1. The highest BCUT2D eigenvalue weighted by Gasteiger charge is 2.18. The number of rotatable bonds is 5. The number of amides is 1. The SMILES string of the molecule is O=[C]CN1CCN(CC(=O)Nc2ccccc2)CC1. The molecule has 1 aliphatic heterocycles. The Kier molecular flexibility index (Phi) is 5.06. The monoisotopic (exact) mass is 260 g/mol. The molecule has 0 saturated carbocycles. The van der Waals surface area contributed by atoms with E-state index in [1.54, 1.807) is 0 Å². The molecule has 2 rings (SSSR count). The summed E-state index contributed by atoms with van der Waals surface area (Å²) in [5, 5.41) is 2.87. The van der Waals surface area contributed by atoms with E-state index >= 15 is 0 Å². The lowest BCUT2D eigenvalue weighted by atomic mass is 10.3. The first-order valence-electron chi connectivity index (χ1n) is 6.42. The number of nitrogens with zero attached hydrogens (tertiary/aromatic N) is 2. The standard InChI is InChI=1S/C14H18N3O2/c18-11-10-16-6-8-17(9-7-16)12-14(19)15-13-4-2-1-3-5-13/h1-5H,6-10,12H2,(H,15,19). The number of para-hydroxylation sites is 1. The second kappa shape index (κ2) is 7.01. The maximum absolute atomic E-state index is 11.9. The van der Waals surface area contributed by atoms with Gasteiger partial charge in [0.2, 0.25) is 12.2 Å². The van der Waals surface area contributed by atoms with Crippen molar-refractivity contribution in [1.82, 2.24) is 9.80 Å². The van der Waals surface area contributed by atoms with Crippen LogP contribution in [0.25, 0.3) is 0 Å². The first-order chi connectivity index (χ1) is 9.28. The van der Waals surface area contributed by atoms with Crippen LogP contribution < -0.4 is 5.32 Å². The Bertz CT molecular complexity index is 414. The fraction of sp³-hybridized carbons (Fsp3) is 0.429.